The van der Waals surface area contributed by atoms with Crippen LogP contribution in [0.5, 0.6) is 0 Å². The smallest absolute Gasteiger partial charge is 0.253 e. The lowest BCUT2D eigenvalue weighted by atomic mass is 9.96. The van der Waals surface area contributed by atoms with E-state index in [2.05, 4.69) is 10.3 Å². The first-order valence-corrected chi connectivity index (χ1v) is 9.19. The fraction of sp³-hybridized carbons (Fsp3) is 0.400. The van der Waals surface area contributed by atoms with Gasteiger partial charge in [0.25, 0.3) is 5.91 Å². The van der Waals surface area contributed by atoms with Crippen LogP contribution in [-0.2, 0) is 12.8 Å². The number of rotatable bonds is 6. The molecule has 4 N–H and O–H groups in total. The first-order chi connectivity index (χ1) is 13.0. The number of carbonyl (C=O) groups excluding carboxylic acids is 1. The quantitative estimate of drug-likeness (QED) is 0.637. The summed E-state index contributed by atoms with van der Waals surface area (Å²) in [6.07, 6.45) is 0.512. The molecule has 1 amide bonds. The first kappa shape index (κ1) is 22.2. The molecule has 1 aromatic heterocycles. The van der Waals surface area contributed by atoms with E-state index in [9.17, 15) is 18.7 Å². The zero-order chi connectivity index (χ0) is 21.1. The topological polar surface area (TPSA) is 88.2 Å². The van der Waals surface area contributed by atoms with Gasteiger partial charge in [-0.1, -0.05) is 11.6 Å². The number of aromatic nitrogens is 1. The average Bonchev–Trinajstić information content (AvgIpc) is 2.58. The number of benzene rings is 1. The van der Waals surface area contributed by atoms with Crippen LogP contribution in [0.15, 0.2) is 30.5 Å². The summed E-state index contributed by atoms with van der Waals surface area (Å²) in [5, 5.41) is 13.4. The molecule has 0 aliphatic rings. The Bertz CT molecular complexity index is 856. The first-order valence-electron chi connectivity index (χ1n) is 8.81. The second-order valence-electron chi connectivity index (χ2n) is 7.70. The van der Waals surface area contributed by atoms with E-state index >= 15 is 0 Å². The molecule has 152 valence electrons. The molecule has 0 spiro atoms. The van der Waals surface area contributed by atoms with Crippen molar-refractivity contribution in [1.82, 2.24) is 10.3 Å². The van der Waals surface area contributed by atoms with Gasteiger partial charge in [-0.05, 0) is 57.0 Å². The second kappa shape index (κ2) is 8.94. The van der Waals surface area contributed by atoms with Crippen molar-refractivity contribution in [3.8, 4) is 0 Å². The number of hydrogen-bond donors (Lipinski definition) is 3. The van der Waals surface area contributed by atoms with Crippen LogP contribution in [0, 0.1) is 11.6 Å². The van der Waals surface area contributed by atoms with Crippen molar-refractivity contribution in [1.29, 1.82) is 0 Å². The molecule has 8 heteroatoms. The van der Waals surface area contributed by atoms with Crippen molar-refractivity contribution < 1.29 is 18.7 Å². The summed E-state index contributed by atoms with van der Waals surface area (Å²) in [6, 6.07) is 4.28. The molecule has 0 saturated carbocycles. The van der Waals surface area contributed by atoms with Crippen LogP contribution < -0.4 is 11.1 Å². The lowest BCUT2D eigenvalue weighted by Crippen LogP contribution is -2.42. The zero-order valence-electron chi connectivity index (χ0n) is 16.0. The van der Waals surface area contributed by atoms with Crippen LogP contribution in [0.4, 0.5) is 8.78 Å². The number of pyridine rings is 1. The number of aliphatic hydroxyl groups excluding tert-OH is 1. The zero-order valence-corrected chi connectivity index (χ0v) is 16.7. The third-order valence-electron chi connectivity index (χ3n) is 4.07. The van der Waals surface area contributed by atoms with Crippen molar-refractivity contribution >= 4 is 17.5 Å². The van der Waals surface area contributed by atoms with Gasteiger partial charge in [0.05, 0.1) is 17.4 Å². The van der Waals surface area contributed by atoms with Gasteiger partial charge in [0.1, 0.15) is 0 Å². The summed E-state index contributed by atoms with van der Waals surface area (Å²) < 4.78 is 26.6. The molecule has 0 aliphatic heterocycles. The Morgan fingerprint density at radius 1 is 1.29 bits per heavy atom. The number of hydrogen-bond acceptors (Lipinski definition) is 4. The molecule has 28 heavy (non-hydrogen) atoms. The van der Waals surface area contributed by atoms with Crippen molar-refractivity contribution in [3.05, 3.63) is 63.9 Å². The van der Waals surface area contributed by atoms with E-state index in [4.69, 9.17) is 17.3 Å². The molecule has 5 nitrogen and oxygen atoms in total. The Kier molecular flexibility index (Phi) is 7.09. The molecule has 0 radical (unpaired) electrons. The summed E-state index contributed by atoms with van der Waals surface area (Å²) in [5.41, 5.74) is 6.63. The van der Waals surface area contributed by atoms with Gasteiger partial charge in [0, 0.05) is 29.2 Å². The van der Waals surface area contributed by atoms with Gasteiger partial charge < -0.3 is 16.2 Å². The molecule has 2 aromatic rings. The molecular weight excluding hydrogens is 388 g/mol. The molecule has 0 unspecified atom stereocenters. The highest BCUT2D eigenvalue weighted by Crippen LogP contribution is 2.22. The number of nitrogens with two attached hydrogens (primary N) is 1. The maximum atomic E-state index is 13.4. The van der Waals surface area contributed by atoms with Gasteiger partial charge in [-0.2, -0.15) is 0 Å². The minimum Gasteiger partial charge on any atom is -0.391 e. The Morgan fingerprint density at radius 3 is 2.57 bits per heavy atom. The van der Waals surface area contributed by atoms with E-state index < -0.39 is 29.3 Å². The highest BCUT2D eigenvalue weighted by atomic mass is 35.5. The summed E-state index contributed by atoms with van der Waals surface area (Å²) in [7, 11) is 0. The van der Waals surface area contributed by atoms with Gasteiger partial charge in [-0.15, -0.1) is 0 Å². The van der Waals surface area contributed by atoms with E-state index in [1.54, 1.807) is 12.1 Å². The van der Waals surface area contributed by atoms with Gasteiger partial charge in [-0.3, -0.25) is 9.78 Å². The normalized spacial score (nSPS) is 13.9. The van der Waals surface area contributed by atoms with Gasteiger partial charge >= 0.3 is 0 Å². The number of carbonyl (C=O) groups is 1. The van der Waals surface area contributed by atoms with Crippen LogP contribution in [0.25, 0.3) is 0 Å². The number of aliphatic hydroxyl groups is 1. The van der Waals surface area contributed by atoms with Crippen LogP contribution >= 0.6 is 11.6 Å². The van der Waals surface area contributed by atoms with Crippen LogP contribution in [0.3, 0.4) is 0 Å². The largest absolute Gasteiger partial charge is 0.391 e. The highest BCUT2D eigenvalue weighted by molar-refractivity contribution is 6.31. The monoisotopic (exact) mass is 411 g/mol. The van der Waals surface area contributed by atoms with Crippen molar-refractivity contribution in [2.75, 3.05) is 0 Å². The van der Waals surface area contributed by atoms with Crippen molar-refractivity contribution in [2.24, 2.45) is 5.73 Å². The van der Waals surface area contributed by atoms with Gasteiger partial charge in [0.15, 0.2) is 11.6 Å². The second-order valence-corrected chi connectivity index (χ2v) is 8.11. The number of halogens is 3. The summed E-state index contributed by atoms with van der Waals surface area (Å²) >= 11 is 5.93. The Balaban J connectivity index is 2.13. The Hall–Kier alpha value is -2.09. The van der Waals surface area contributed by atoms with Crippen molar-refractivity contribution in [2.45, 2.75) is 51.3 Å². The van der Waals surface area contributed by atoms with Gasteiger partial charge in [-0.25, -0.2) is 8.78 Å². The SMILES string of the molecule is CC(C)(C)NC(=O)c1cccnc1C[C@H](O)[C@H](N)Cc1cc(F)c(F)cc1Cl. The number of nitrogens with one attached hydrogen (secondary N) is 1. The van der Waals surface area contributed by atoms with Gasteiger partial charge in [0.2, 0.25) is 0 Å². The Morgan fingerprint density at radius 2 is 1.93 bits per heavy atom. The molecule has 0 aliphatic carbocycles. The fourth-order valence-corrected chi connectivity index (χ4v) is 2.90. The standard InChI is InChI=1S/C20H24ClF2N3O2/c1-20(2,3)26-19(28)12-5-4-6-25-17(12)10-18(27)16(24)8-11-7-14(22)15(23)9-13(11)21/h4-7,9,16,18,27H,8,10,24H2,1-3H3,(H,26,28)/t16-,18+/m1/s1. The fourth-order valence-electron chi connectivity index (χ4n) is 2.67. The molecule has 1 aromatic carbocycles. The van der Waals surface area contributed by atoms with Crippen LogP contribution in [0.1, 0.15) is 42.4 Å². The molecule has 2 rings (SSSR count). The average molecular weight is 412 g/mol. The van der Waals surface area contributed by atoms with Crippen LogP contribution in [0.2, 0.25) is 5.02 Å². The third-order valence-corrected chi connectivity index (χ3v) is 4.42. The van der Waals surface area contributed by atoms with E-state index in [0.717, 1.165) is 12.1 Å². The predicted octanol–water partition coefficient (Wildman–Crippen LogP) is 3.01. The highest BCUT2D eigenvalue weighted by Gasteiger charge is 2.23. The third kappa shape index (κ3) is 5.95. The minimum absolute atomic E-state index is 0.0240. The van der Waals surface area contributed by atoms with E-state index in [1.165, 1.54) is 6.20 Å². The molecule has 1 heterocycles. The molecule has 0 saturated heterocycles. The van der Waals surface area contributed by atoms with E-state index in [1.807, 2.05) is 20.8 Å². The molecule has 0 bridgehead atoms. The number of amides is 1. The Labute approximate surface area is 167 Å². The van der Waals surface area contributed by atoms with Crippen molar-refractivity contribution in [3.63, 3.8) is 0 Å². The molecule has 2 atom stereocenters. The lowest BCUT2D eigenvalue weighted by molar-refractivity contribution is 0.0916. The summed E-state index contributed by atoms with van der Waals surface area (Å²) in [6.45, 7) is 5.58. The number of nitrogens with zero attached hydrogens (tertiary/aromatic N) is 1. The minimum atomic E-state index is -1.07. The lowest BCUT2D eigenvalue weighted by Gasteiger charge is -2.23. The predicted molar refractivity (Wildman–Crippen MR) is 104 cm³/mol. The molecular formula is C20H24ClF2N3O2. The van der Waals surface area contributed by atoms with E-state index in [-0.39, 0.29) is 23.8 Å². The van der Waals surface area contributed by atoms with E-state index in [0.29, 0.717) is 16.8 Å². The maximum absolute atomic E-state index is 13.4. The van der Waals surface area contributed by atoms with Crippen LogP contribution in [-0.4, -0.2) is 33.7 Å². The summed E-state index contributed by atoms with van der Waals surface area (Å²) in [5.74, 6) is -2.39. The summed E-state index contributed by atoms with van der Waals surface area (Å²) in [4.78, 5) is 16.7. The maximum Gasteiger partial charge on any atom is 0.253 e. The molecule has 0 fully saturated rings.